The molecule has 4 aromatic heterocycles. The lowest BCUT2D eigenvalue weighted by atomic mass is 9.88. The average Bonchev–Trinajstić information content (AvgIpc) is 3.86. The molecule has 10 aromatic rings. The van der Waals surface area contributed by atoms with E-state index < -0.39 is 0 Å². The average molecular weight is 675 g/mol. The summed E-state index contributed by atoms with van der Waals surface area (Å²) in [6.07, 6.45) is 3.77. The Morgan fingerprint density at radius 2 is 1.42 bits per heavy atom. The molecule has 6 aromatic carbocycles. The van der Waals surface area contributed by atoms with E-state index in [9.17, 15) is 0 Å². The minimum absolute atomic E-state index is 0.0322. The maximum absolute atomic E-state index is 6.60. The Morgan fingerprint density at radius 1 is 0.596 bits per heavy atom. The van der Waals surface area contributed by atoms with Gasteiger partial charge in [0.15, 0.2) is 0 Å². The molecule has 4 heterocycles. The van der Waals surface area contributed by atoms with Crippen molar-refractivity contribution in [2.45, 2.75) is 26.2 Å². The number of para-hydroxylation sites is 3. The second-order valence-corrected chi connectivity index (χ2v) is 14.4. The predicted molar refractivity (Wildman–Crippen MR) is 211 cm³/mol. The van der Waals surface area contributed by atoms with Crippen LogP contribution in [-0.2, 0) is 5.41 Å². The van der Waals surface area contributed by atoms with Crippen molar-refractivity contribution < 1.29 is 9.15 Å². The van der Waals surface area contributed by atoms with Crippen LogP contribution in [0.15, 0.2) is 156 Å². The normalized spacial score (nSPS) is 12.1. The van der Waals surface area contributed by atoms with Crippen molar-refractivity contribution in [1.82, 2.24) is 19.1 Å². The molecule has 0 amide bonds. The van der Waals surface area contributed by atoms with Crippen LogP contribution in [-0.4, -0.2) is 19.1 Å². The van der Waals surface area contributed by atoms with Crippen LogP contribution < -0.4 is 4.74 Å². The number of fused-ring (bicyclic) bond motifs is 7. The lowest BCUT2D eigenvalue weighted by Gasteiger charge is -2.20. The highest BCUT2D eigenvalue weighted by Gasteiger charge is 2.20. The molecular formula is C46H34N4O2. The number of furan rings is 1. The molecule has 0 aliphatic rings. The molecule has 0 unspecified atom stereocenters. The summed E-state index contributed by atoms with van der Waals surface area (Å²) in [7, 11) is 0. The third kappa shape index (κ3) is 4.87. The zero-order valence-electron chi connectivity index (χ0n) is 29.0. The molecule has 0 fully saturated rings. The van der Waals surface area contributed by atoms with Crippen molar-refractivity contribution >= 4 is 54.8 Å². The van der Waals surface area contributed by atoms with Gasteiger partial charge in [-0.3, -0.25) is 9.13 Å². The summed E-state index contributed by atoms with van der Waals surface area (Å²) in [5.74, 6) is 2.35. The summed E-state index contributed by atoms with van der Waals surface area (Å²) >= 11 is 0. The largest absolute Gasteiger partial charge is 0.457 e. The first-order valence-corrected chi connectivity index (χ1v) is 17.6. The maximum Gasteiger partial charge on any atom is 0.137 e. The second kappa shape index (κ2) is 11.4. The molecule has 0 aliphatic carbocycles. The number of hydrogen-bond acceptors (Lipinski definition) is 4. The van der Waals surface area contributed by atoms with Gasteiger partial charge >= 0.3 is 0 Å². The third-order valence-electron chi connectivity index (χ3n) is 10.1. The lowest BCUT2D eigenvalue weighted by Crippen LogP contribution is -2.12. The van der Waals surface area contributed by atoms with Crippen molar-refractivity contribution in [1.29, 1.82) is 0 Å². The number of ether oxygens (including phenoxy) is 1. The third-order valence-corrected chi connectivity index (χ3v) is 10.1. The van der Waals surface area contributed by atoms with Gasteiger partial charge in [-0.1, -0.05) is 75.4 Å². The zero-order valence-corrected chi connectivity index (χ0v) is 29.0. The van der Waals surface area contributed by atoms with Gasteiger partial charge in [-0.05, 0) is 94.9 Å². The molecule has 250 valence electrons. The minimum Gasteiger partial charge on any atom is -0.457 e. The van der Waals surface area contributed by atoms with E-state index in [4.69, 9.17) is 14.1 Å². The Morgan fingerprint density at radius 3 is 2.35 bits per heavy atom. The van der Waals surface area contributed by atoms with Crippen molar-refractivity contribution in [3.63, 3.8) is 0 Å². The first-order valence-electron chi connectivity index (χ1n) is 17.6. The zero-order chi connectivity index (χ0) is 35.0. The predicted octanol–water partition coefficient (Wildman–Crippen LogP) is 12.2. The molecule has 0 atom stereocenters. The SMILES string of the molecule is CC(C)(C)c1ccnc(-n2c3ccc(-c4cccc5oc6ccccc6c45)cc3c3ccc(Oc4cccc(-n5cnc6ccccc65)c4)cc32)c1. The summed E-state index contributed by atoms with van der Waals surface area (Å²) in [6, 6.07) is 48.2. The van der Waals surface area contributed by atoms with Gasteiger partial charge in [0.05, 0.1) is 27.8 Å². The topological polar surface area (TPSA) is 58.0 Å². The number of rotatable bonds is 5. The number of imidazole rings is 1. The molecule has 52 heavy (non-hydrogen) atoms. The Kier molecular flexibility index (Phi) is 6.64. The van der Waals surface area contributed by atoms with Crippen LogP contribution in [0.4, 0.5) is 0 Å². The van der Waals surface area contributed by atoms with Crippen molar-refractivity contribution in [3.8, 4) is 34.1 Å². The van der Waals surface area contributed by atoms with Crippen LogP contribution in [0.3, 0.4) is 0 Å². The molecule has 6 nitrogen and oxygen atoms in total. The fourth-order valence-corrected chi connectivity index (χ4v) is 7.50. The molecule has 0 bridgehead atoms. The quantitative estimate of drug-likeness (QED) is 0.182. The molecule has 6 heteroatoms. The van der Waals surface area contributed by atoms with Crippen LogP contribution in [0.1, 0.15) is 26.3 Å². The fourth-order valence-electron chi connectivity index (χ4n) is 7.50. The number of nitrogens with zero attached hydrogens (tertiary/aromatic N) is 4. The Balaban J connectivity index is 1.14. The van der Waals surface area contributed by atoms with E-state index in [0.717, 1.165) is 88.9 Å². The first-order chi connectivity index (χ1) is 25.4. The summed E-state index contributed by atoms with van der Waals surface area (Å²) in [6.45, 7) is 6.70. The van der Waals surface area contributed by atoms with E-state index in [0.29, 0.717) is 0 Å². The molecular weight excluding hydrogens is 641 g/mol. The smallest absolute Gasteiger partial charge is 0.137 e. The summed E-state index contributed by atoms with van der Waals surface area (Å²) < 4.78 is 17.2. The molecule has 0 N–H and O–H groups in total. The van der Waals surface area contributed by atoms with E-state index in [1.54, 1.807) is 0 Å². The Bertz CT molecular complexity index is 2990. The van der Waals surface area contributed by atoms with Gasteiger partial charge in [0.25, 0.3) is 0 Å². The Labute approximate surface area is 300 Å². The molecule has 0 saturated heterocycles. The summed E-state index contributed by atoms with van der Waals surface area (Å²) in [5, 5.41) is 4.50. The van der Waals surface area contributed by atoms with Crippen LogP contribution in [0.25, 0.3) is 77.4 Å². The lowest BCUT2D eigenvalue weighted by molar-refractivity contribution is 0.483. The van der Waals surface area contributed by atoms with Gasteiger partial charge in [0.2, 0.25) is 0 Å². The van der Waals surface area contributed by atoms with Crippen LogP contribution in [0, 0.1) is 0 Å². The molecule has 0 saturated carbocycles. The molecule has 10 rings (SSSR count). The van der Waals surface area contributed by atoms with E-state index in [1.807, 2.05) is 61.1 Å². The van der Waals surface area contributed by atoms with Gasteiger partial charge in [0.1, 0.15) is 34.8 Å². The highest BCUT2D eigenvalue weighted by molar-refractivity contribution is 6.15. The van der Waals surface area contributed by atoms with E-state index in [-0.39, 0.29) is 5.41 Å². The number of aromatic nitrogens is 4. The monoisotopic (exact) mass is 674 g/mol. The highest BCUT2D eigenvalue weighted by atomic mass is 16.5. The van der Waals surface area contributed by atoms with Gasteiger partial charge in [-0.15, -0.1) is 0 Å². The first kappa shape index (κ1) is 30.2. The van der Waals surface area contributed by atoms with Gasteiger partial charge < -0.3 is 9.15 Å². The van der Waals surface area contributed by atoms with Crippen molar-refractivity contribution in [2.75, 3.05) is 0 Å². The molecule has 0 spiro atoms. The standard InChI is InChI=1S/C46H34N4O2/c1-46(2,3)30-22-23-47-44(25-30)50-39-21-18-29(34-13-9-17-43-45(34)36-12-4-7-16-42(36)52-43)24-37(39)35-20-19-33(27-41(35)50)51-32-11-8-10-31(26-32)49-28-48-38-14-5-6-15-40(38)49/h4-28H,1-3H3. The molecule has 0 radical (unpaired) electrons. The highest BCUT2D eigenvalue weighted by Crippen LogP contribution is 2.41. The van der Waals surface area contributed by atoms with E-state index in [1.165, 1.54) is 5.56 Å². The Hall–Kier alpha value is -6.66. The number of hydrogen-bond donors (Lipinski definition) is 0. The van der Waals surface area contributed by atoms with Crippen LogP contribution >= 0.6 is 0 Å². The fraction of sp³-hybridized carbons (Fsp3) is 0.0870. The van der Waals surface area contributed by atoms with Crippen molar-refractivity contribution in [2.24, 2.45) is 0 Å². The van der Waals surface area contributed by atoms with Gasteiger partial charge in [-0.2, -0.15) is 0 Å². The van der Waals surface area contributed by atoms with Gasteiger partial charge in [-0.25, -0.2) is 9.97 Å². The van der Waals surface area contributed by atoms with Crippen LogP contribution in [0.2, 0.25) is 0 Å². The summed E-state index contributed by atoms with van der Waals surface area (Å²) in [4.78, 5) is 9.51. The number of benzene rings is 6. The second-order valence-electron chi connectivity index (χ2n) is 14.4. The number of pyridine rings is 1. The minimum atomic E-state index is -0.0322. The van der Waals surface area contributed by atoms with Gasteiger partial charge in [0, 0.05) is 39.9 Å². The van der Waals surface area contributed by atoms with Crippen LogP contribution in [0.5, 0.6) is 11.5 Å². The van der Waals surface area contributed by atoms with E-state index >= 15 is 0 Å². The molecule has 0 aliphatic heterocycles. The van der Waals surface area contributed by atoms with E-state index in [2.05, 4.69) is 126 Å². The summed E-state index contributed by atoms with van der Waals surface area (Å²) in [5.41, 5.74) is 10.3. The maximum atomic E-state index is 6.60. The van der Waals surface area contributed by atoms with Crippen molar-refractivity contribution in [3.05, 3.63) is 158 Å².